The second kappa shape index (κ2) is 12.1. The fraction of sp³-hybridized carbons (Fsp3) is 0.333. The molecule has 1 aromatic heterocycles. The SMILES string of the molecule is COc1ccc(C2=NC[C@@H](CSc3nnc(SC[C@@H]4CN=C(c5ccc(OC)cc5)S4)s3)S2)cc1. The van der Waals surface area contributed by atoms with Gasteiger partial charge in [0.2, 0.25) is 0 Å². The Labute approximate surface area is 226 Å². The van der Waals surface area contributed by atoms with Gasteiger partial charge in [0.25, 0.3) is 0 Å². The van der Waals surface area contributed by atoms with E-state index in [9.17, 15) is 0 Å². The van der Waals surface area contributed by atoms with Gasteiger partial charge in [-0.15, -0.1) is 33.7 Å². The number of aliphatic imine (C=N–C) groups is 2. The maximum atomic E-state index is 5.24. The molecule has 5 rings (SSSR count). The number of methoxy groups -OCH3 is 2. The first-order chi connectivity index (χ1) is 17.2. The molecule has 11 heteroatoms. The van der Waals surface area contributed by atoms with Crippen molar-refractivity contribution in [3.8, 4) is 11.5 Å². The maximum Gasteiger partial charge on any atom is 0.175 e. The van der Waals surface area contributed by atoms with E-state index in [1.165, 1.54) is 0 Å². The summed E-state index contributed by atoms with van der Waals surface area (Å²) >= 11 is 8.94. The van der Waals surface area contributed by atoms with Crippen LogP contribution in [0.15, 0.2) is 67.2 Å². The van der Waals surface area contributed by atoms with Crippen LogP contribution in [0.5, 0.6) is 11.5 Å². The Morgan fingerprint density at radius 3 is 1.54 bits per heavy atom. The highest BCUT2D eigenvalue weighted by atomic mass is 32.2. The Balaban J connectivity index is 1.04. The molecule has 2 aliphatic heterocycles. The summed E-state index contributed by atoms with van der Waals surface area (Å²) in [4.78, 5) is 9.48. The molecule has 0 spiro atoms. The van der Waals surface area contributed by atoms with E-state index in [2.05, 4.69) is 34.5 Å². The normalized spacial score (nSPS) is 19.5. The van der Waals surface area contributed by atoms with E-state index in [1.54, 1.807) is 49.1 Å². The van der Waals surface area contributed by atoms with Crippen molar-refractivity contribution in [2.24, 2.45) is 9.98 Å². The third-order valence-corrected chi connectivity index (χ3v) is 11.7. The van der Waals surface area contributed by atoms with E-state index in [1.807, 2.05) is 47.8 Å². The van der Waals surface area contributed by atoms with E-state index in [0.29, 0.717) is 10.5 Å². The summed E-state index contributed by atoms with van der Waals surface area (Å²) in [7, 11) is 3.37. The fourth-order valence-corrected chi connectivity index (χ4v) is 9.05. The van der Waals surface area contributed by atoms with Crippen LogP contribution in [-0.4, -0.2) is 69.6 Å². The van der Waals surface area contributed by atoms with Crippen LogP contribution in [0.1, 0.15) is 11.1 Å². The first kappa shape index (κ1) is 25.0. The summed E-state index contributed by atoms with van der Waals surface area (Å²) < 4.78 is 12.5. The molecule has 0 saturated carbocycles. The van der Waals surface area contributed by atoms with Gasteiger partial charge in [0, 0.05) is 33.1 Å². The molecule has 3 heterocycles. The molecular formula is C24H24N4O2S5. The van der Waals surface area contributed by atoms with Gasteiger partial charge in [-0.2, -0.15) is 0 Å². The van der Waals surface area contributed by atoms with Gasteiger partial charge in [-0.1, -0.05) is 34.9 Å². The molecule has 2 aliphatic rings. The van der Waals surface area contributed by atoms with Crippen molar-refractivity contribution >= 4 is 68.5 Å². The molecular weight excluding hydrogens is 537 g/mol. The standard InChI is InChI=1S/C24H24N4O2S5/c1-29-17-7-3-15(4-8-17)21-25-11-19(33-21)13-31-23-27-28-24(35-23)32-14-20-12-26-22(34-20)16-5-9-18(30-2)10-6-16/h3-10,19-20H,11-14H2,1-2H3/t19-,20-/m0/s1. The monoisotopic (exact) mass is 560 g/mol. The first-order valence-electron chi connectivity index (χ1n) is 11.0. The van der Waals surface area contributed by atoms with E-state index < -0.39 is 0 Å². The Morgan fingerprint density at radius 1 is 0.714 bits per heavy atom. The molecule has 0 aliphatic carbocycles. The van der Waals surface area contributed by atoms with Crippen LogP contribution >= 0.6 is 58.4 Å². The van der Waals surface area contributed by atoms with Crippen molar-refractivity contribution in [3.05, 3.63) is 59.7 Å². The topological polar surface area (TPSA) is 69.0 Å². The van der Waals surface area contributed by atoms with Gasteiger partial charge >= 0.3 is 0 Å². The molecule has 2 atom stereocenters. The highest BCUT2D eigenvalue weighted by Gasteiger charge is 2.23. The van der Waals surface area contributed by atoms with Gasteiger partial charge in [-0.3, -0.25) is 9.98 Å². The summed E-state index contributed by atoms with van der Waals surface area (Å²) in [6.07, 6.45) is 0. The lowest BCUT2D eigenvalue weighted by molar-refractivity contribution is 0.414. The van der Waals surface area contributed by atoms with Gasteiger partial charge in [0.15, 0.2) is 8.68 Å². The second-order valence-electron chi connectivity index (χ2n) is 7.68. The lowest BCUT2D eigenvalue weighted by Crippen LogP contribution is -2.06. The van der Waals surface area contributed by atoms with Gasteiger partial charge in [0.05, 0.1) is 37.4 Å². The van der Waals surface area contributed by atoms with Crippen LogP contribution in [0, 0.1) is 0 Å². The van der Waals surface area contributed by atoms with Gasteiger partial charge in [0.1, 0.15) is 11.5 Å². The molecule has 0 amide bonds. The molecule has 3 aromatic rings. The Bertz CT molecular complexity index is 1110. The maximum absolute atomic E-state index is 5.24. The van der Waals surface area contributed by atoms with E-state index in [4.69, 9.17) is 19.5 Å². The number of rotatable bonds is 10. The van der Waals surface area contributed by atoms with Gasteiger partial charge < -0.3 is 9.47 Å². The van der Waals surface area contributed by atoms with Crippen LogP contribution in [0.2, 0.25) is 0 Å². The largest absolute Gasteiger partial charge is 0.497 e. The van der Waals surface area contributed by atoms with Crippen molar-refractivity contribution < 1.29 is 9.47 Å². The van der Waals surface area contributed by atoms with E-state index in [0.717, 1.165) is 66.0 Å². The van der Waals surface area contributed by atoms with Crippen LogP contribution in [0.3, 0.4) is 0 Å². The van der Waals surface area contributed by atoms with E-state index >= 15 is 0 Å². The minimum Gasteiger partial charge on any atom is -0.497 e. The molecule has 0 bridgehead atoms. The van der Waals surface area contributed by atoms with Crippen molar-refractivity contribution in [2.75, 3.05) is 38.8 Å². The predicted octanol–water partition coefficient (Wildman–Crippen LogP) is 5.86. The van der Waals surface area contributed by atoms with Crippen LogP contribution < -0.4 is 9.47 Å². The van der Waals surface area contributed by atoms with Crippen LogP contribution in [0.4, 0.5) is 0 Å². The lowest BCUT2D eigenvalue weighted by atomic mass is 10.2. The number of hydrogen-bond donors (Lipinski definition) is 0. The number of hydrogen-bond acceptors (Lipinski definition) is 11. The van der Waals surface area contributed by atoms with Crippen LogP contribution in [-0.2, 0) is 0 Å². The van der Waals surface area contributed by atoms with Crippen molar-refractivity contribution in [2.45, 2.75) is 19.2 Å². The third-order valence-electron chi connectivity index (χ3n) is 5.28. The molecule has 35 heavy (non-hydrogen) atoms. The molecule has 6 nitrogen and oxygen atoms in total. The number of thioether (sulfide) groups is 4. The highest BCUT2D eigenvalue weighted by molar-refractivity contribution is 8.16. The van der Waals surface area contributed by atoms with Crippen molar-refractivity contribution in [3.63, 3.8) is 0 Å². The fourth-order valence-electron chi connectivity index (χ4n) is 3.44. The number of aromatic nitrogens is 2. The summed E-state index contributed by atoms with van der Waals surface area (Å²) in [5.74, 6) is 3.69. The zero-order chi connectivity index (χ0) is 24.0. The Morgan fingerprint density at radius 2 is 1.14 bits per heavy atom. The lowest BCUT2D eigenvalue weighted by Gasteiger charge is -2.07. The third kappa shape index (κ3) is 6.56. The number of ether oxygens (including phenoxy) is 2. The molecule has 0 N–H and O–H groups in total. The summed E-state index contributed by atoms with van der Waals surface area (Å²) in [6.45, 7) is 1.68. The molecule has 0 saturated heterocycles. The number of nitrogens with zero attached hydrogens (tertiary/aromatic N) is 4. The summed E-state index contributed by atoms with van der Waals surface area (Å²) in [5, 5.41) is 11.9. The van der Waals surface area contributed by atoms with Gasteiger partial charge in [-0.25, -0.2) is 0 Å². The molecule has 2 aromatic carbocycles. The zero-order valence-electron chi connectivity index (χ0n) is 19.2. The van der Waals surface area contributed by atoms with Gasteiger partial charge in [-0.05, 0) is 48.5 Å². The molecule has 0 unspecified atom stereocenters. The highest BCUT2D eigenvalue weighted by Crippen LogP contribution is 2.36. The average Bonchev–Trinajstić information content (AvgIpc) is 3.67. The minimum absolute atomic E-state index is 0.459. The van der Waals surface area contributed by atoms with Crippen molar-refractivity contribution in [1.82, 2.24) is 10.2 Å². The zero-order valence-corrected chi connectivity index (χ0v) is 23.3. The second-order valence-corrected chi connectivity index (χ2v) is 13.8. The smallest absolute Gasteiger partial charge is 0.175 e. The Hall–Kier alpha value is -1.66. The summed E-state index contributed by atoms with van der Waals surface area (Å²) in [5.41, 5.74) is 2.31. The summed E-state index contributed by atoms with van der Waals surface area (Å²) in [6, 6.07) is 16.2. The van der Waals surface area contributed by atoms with E-state index in [-0.39, 0.29) is 0 Å². The van der Waals surface area contributed by atoms with Crippen molar-refractivity contribution in [1.29, 1.82) is 0 Å². The van der Waals surface area contributed by atoms with Crippen LogP contribution in [0.25, 0.3) is 0 Å². The quantitative estimate of drug-likeness (QED) is 0.286. The molecule has 0 radical (unpaired) electrons. The minimum atomic E-state index is 0.459. The molecule has 0 fully saturated rings. The number of benzene rings is 2. The first-order valence-corrected chi connectivity index (χ1v) is 15.5. The average molecular weight is 561 g/mol. The molecule has 182 valence electrons. The Kier molecular flexibility index (Phi) is 8.61. The predicted molar refractivity (Wildman–Crippen MR) is 153 cm³/mol.